The van der Waals surface area contributed by atoms with Crippen LogP contribution in [0.2, 0.25) is 0 Å². The minimum absolute atomic E-state index is 0.0913. The van der Waals surface area contributed by atoms with Crippen LogP contribution in [0.4, 0.5) is 0 Å². The number of hydrogen-bond donors (Lipinski definition) is 5. The van der Waals surface area contributed by atoms with E-state index in [-0.39, 0.29) is 18.2 Å². The fourth-order valence-electron chi connectivity index (χ4n) is 4.87. The number of esters is 1. The zero-order valence-electron chi connectivity index (χ0n) is 21.8. The van der Waals surface area contributed by atoms with Crippen LogP contribution < -0.4 is 27.0 Å². The molecule has 1 aliphatic heterocycles. The number of amides is 4. The molecular weight excluding hydrogens is 466 g/mol. The SMILES string of the molecule is COC(=O)C1(NC(=O)[C@H](CCCCN)NC(=O)[C@H](CC(C)C)NC(=O)[C@@H]2CCC(=O)N2)CCCCC1. The van der Waals surface area contributed by atoms with Crippen molar-refractivity contribution in [3.8, 4) is 0 Å². The molecule has 3 atom stereocenters. The molecule has 1 heterocycles. The molecule has 0 bridgehead atoms. The molecule has 204 valence electrons. The first kappa shape index (κ1) is 29.5. The average molecular weight is 510 g/mol. The van der Waals surface area contributed by atoms with Crippen LogP contribution in [-0.4, -0.2) is 66.9 Å². The summed E-state index contributed by atoms with van der Waals surface area (Å²) in [7, 11) is 1.30. The average Bonchev–Trinajstić information content (AvgIpc) is 3.29. The van der Waals surface area contributed by atoms with Gasteiger partial charge in [-0.1, -0.05) is 33.1 Å². The Morgan fingerprint density at radius 1 is 1.06 bits per heavy atom. The Labute approximate surface area is 213 Å². The van der Waals surface area contributed by atoms with Crippen molar-refractivity contribution in [2.24, 2.45) is 11.7 Å². The molecule has 1 saturated carbocycles. The van der Waals surface area contributed by atoms with E-state index in [0.29, 0.717) is 51.5 Å². The monoisotopic (exact) mass is 509 g/mol. The van der Waals surface area contributed by atoms with E-state index in [4.69, 9.17) is 10.5 Å². The van der Waals surface area contributed by atoms with Crippen LogP contribution in [0.3, 0.4) is 0 Å². The van der Waals surface area contributed by atoms with Crippen molar-refractivity contribution in [2.75, 3.05) is 13.7 Å². The lowest BCUT2D eigenvalue weighted by molar-refractivity contribution is -0.153. The molecule has 2 fully saturated rings. The fraction of sp³-hybridized carbons (Fsp3) is 0.800. The maximum absolute atomic E-state index is 13.4. The summed E-state index contributed by atoms with van der Waals surface area (Å²) in [6.45, 7) is 4.31. The van der Waals surface area contributed by atoms with Crippen molar-refractivity contribution in [1.29, 1.82) is 0 Å². The number of ether oxygens (including phenoxy) is 1. The summed E-state index contributed by atoms with van der Waals surface area (Å²) in [6, 6.07) is -2.44. The molecular formula is C25H43N5O6. The van der Waals surface area contributed by atoms with E-state index in [2.05, 4.69) is 21.3 Å². The molecule has 0 aromatic rings. The second-order valence-electron chi connectivity index (χ2n) is 10.3. The smallest absolute Gasteiger partial charge is 0.331 e. The van der Waals surface area contributed by atoms with Crippen LogP contribution in [0.5, 0.6) is 0 Å². The highest BCUT2D eigenvalue weighted by atomic mass is 16.5. The standard InChI is InChI=1S/C25H43N5O6/c1-16(2)15-19(29-21(32)18-10-11-20(31)27-18)22(33)28-17(9-5-8-14-26)23(34)30-25(24(35)36-3)12-6-4-7-13-25/h16-19H,4-15,26H2,1-3H3,(H,27,31)(H,28,33)(H,29,32)(H,30,34)/t17-,18-,19-/m0/s1. The lowest BCUT2D eigenvalue weighted by Crippen LogP contribution is -2.61. The lowest BCUT2D eigenvalue weighted by atomic mass is 9.81. The molecule has 11 heteroatoms. The van der Waals surface area contributed by atoms with Gasteiger partial charge in [0.25, 0.3) is 0 Å². The van der Waals surface area contributed by atoms with E-state index >= 15 is 0 Å². The summed E-state index contributed by atoms with van der Waals surface area (Å²) < 4.78 is 5.00. The van der Waals surface area contributed by atoms with Gasteiger partial charge in [0.05, 0.1) is 7.11 Å². The molecule has 1 saturated heterocycles. The highest BCUT2D eigenvalue weighted by molar-refractivity contribution is 5.96. The summed E-state index contributed by atoms with van der Waals surface area (Å²) in [5.74, 6) is -1.94. The maximum Gasteiger partial charge on any atom is 0.331 e. The second kappa shape index (κ2) is 14.2. The molecule has 6 N–H and O–H groups in total. The Morgan fingerprint density at radius 2 is 1.75 bits per heavy atom. The molecule has 2 rings (SSSR count). The molecule has 36 heavy (non-hydrogen) atoms. The fourth-order valence-corrected chi connectivity index (χ4v) is 4.87. The normalized spacial score (nSPS) is 20.7. The van der Waals surface area contributed by atoms with Gasteiger partial charge in [0.2, 0.25) is 23.6 Å². The number of carbonyl (C=O) groups is 5. The molecule has 0 aromatic carbocycles. The number of carbonyl (C=O) groups excluding carboxylic acids is 5. The van der Waals surface area contributed by atoms with Gasteiger partial charge < -0.3 is 31.7 Å². The summed E-state index contributed by atoms with van der Waals surface area (Å²) in [5, 5.41) is 11.0. The Kier molecular flexibility index (Phi) is 11.6. The van der Waals surface area contributed by atoms with E-state index in [1.54, 1.807) is 0 Å². The van der Waals surface area contributed by atoms with Crippen molar-refractivity contribution in [1.82, 2.24) is 21.3 Å². The van der Waals surface area contributed by atoms with Gasteiger partial charge in [0, 0.05) is 6.42 Å². The Balaban J connectivity index is 2.15. The van der Waals surface area contributed by atoms with Gasteiger partial charge >= 0.3 is 5.97 Å². The predicted octanol–water partition coefficient (Wildman–Crippen LogP) is 0.402. The second-order valence-corrected chi connectivity index (χ2v) is 10.3. The Morgan fingerprint density at radius 3 is 2.31 bits per heavy atom. The van der Waals surface area contributed by atoms with Crippen LogP contribution >= 0.6 is 0 Å². The maximum atomic E-state index is 13.4. The molecule has 0 radical (unpaired) electrons. The van der Waals surface area contributed by atoms with Crippen molar-refractivity contribution in [3.63, 3.8) is 0 Å². The molecule has 1 aliphatic carbocycles. The van der Waals surface area contributed by atoms with Crippen LogP contribution in [0.15, 0.2) is 0 Å². The van der Waals surface area contributed by atoms with E-state index in [1.165, 1.54) is 7.11 Å². The van der Waals surface area contributed by atoms with Gasteiger partial charge in [-0.15, -0.1) is 0 Å². The minimum atomic E-state index is -1.10. The van der Waals surface area contributed by atoms with Crippen LogP contribution in [0.25, 0.3) is 0 Å². The first-order valence-electron chi connectivity index (χ1n) is 13.1. The highest BCUT2D eigenvalue weighted by Crippen LogP contribution is 2.29. The van der Waals surface area contributed by atoms with E-state index in [1.807, 2.05) is 13.8 Å². The molecule has 11 nitrogen and oxygen atoms in total. The van der Waals surface area contributed by atoms with Crippen molar-refractivity contribution in [3.05, 3.63) is 0 Å². The van der Waals surface area contributed by atoms with E-state index in [0.717, 1.165) is 19.3 Å². The topological polar surface area (TPSA) is 169 Å². The predicted molar refractivity (Wildman–Crippen MR) is 133 cm³/mol. The van der Waals surface area contributed by atoms with E-state index < -0.39 is 47.4 Å². The molecule has 2 aliphatic rings. The van der Waals surface area contributed by atoms with Crippen LogP contribution in [0.1, 0.15) is 84.5 Å². The van der Waals surface area contributed by atoms with Gasteiger partial charge in [-0.25, -0.2) is 4.79 Å². The largest absolute Gasteiger partial charge is 0.467 e. The quantitative estimate of drug-likeness (QED) is 0.177. The molecule has 4 amide bonds. The van der Waals surface area contributed by atoms with Crippen molar-refractivity contribution in [2.45, 2.75) is 108 Å². The number of rotatable bonds is 13. The number of methoxy groups -OCH3 is 1. The van der Waals surface area contributed by atoms with Gasteiger partial charge in [-0.2, -0.15) is 0 Å². The van der Waals surface area contributed by atoms with Crippen molar-refractivity contribution < 1.29 is 28.7 Å². The first-order valence-corrected chi connectivity index (χ1v) is 13.1. The van der Waals surface area contributed by atoms with Crippen molar-refractivity contribution >= 4 is 29.6 Å². The molecule has 0 aromatic heterocycles. The number of unbranched alkanes of at least 4 members (excludes halogenated alkanes) is 1. The van der Waals surface area contributed by atoms with E-state index in [9.17, 15) is 24.0 Å². The van der Waals surface area contributed by atoms with Crippen LogP contribution in [0, 0.1) is 5.92 Å². The zero-order valence-corrected chi connectivity index (χ0v) is 21.8. The highest BCUT2D eigenvalue weighted by Gasteiger charge is 2.43. The van der Waals surface area contributed by atoms with Gasteiger partial charge in [-0.05, 0) is 57.4 Å². The number of nitrogens with one attached hydrogen (secondary N) is 4. The third kappa shape index (κ3) is 8.46. The number of hydrogen-bond acceptors (Lipinski definition) is 7. The Hall–Kier alpha value is -2.69. The lowest BCUT2D eigenvalue weighted by Gasteiger charge is -2.36. The Bertz CT molecular complexity index is 796. The third-order valence-electron chi connectivity index (χ3n) is 6.88. The zero-order chi connectivity index (χ0) is 26.7. The van der Waals surface area contributed by atoms with Gasteiger partial charge in [0.1, 0.15) is 23.7 Å². The number of nitrogens with two attached hydrogens (primary N) is 1. The summed E-state index contributed by atoms with van der Waals surface area (Å²) >= 11 is 0. The molecule has 0 unspecified atom stereocenters. The first-order chi connectivity index (χ1) is 17.1. The van der Waals surface area contributed by atoms with Gasteiger partial charge in [0.15, 0.2) is 0 Å². The van der Waals surface area contributed by atoms with Gasteiger partial charge in [-0.3, -0.25) is 19.2 Å². The summed E-state index contributed by atoms with van der Waals surface area (Å²) in [4.78, 5) is 63.5. The molecule has 0 spiro atoms. The minimum Gasteiger partial charge on any atom is -0.467 e. The van der Waals surface area contributed by atoms with Crippen LogP contribution in [-0.2, 0) is 28.7 Å². The summed E-state index contributed by atoms with van der Waals surface area (Å²) in [5.41, 5.74) is 4.52. The summed E-state index contributed by atoms with van der Waals surface area (Å²) in [6.07, 6.45) is 6.15. The third-order valence-corrected chi connectivity index (χ3v) is 6.88.